The molecule has 0 saturated heterocycles. The fourth-order valence-corrected chi connectivity index (χ4v) is 2.75. The van der Waals surface area contributed by atoms with Crippen molar-refractivity contribution >= 4 is 16.0 Å². The molecule has 3 N–H and O–H groups in total. The van der Waals surface area contributed by atoms with Gasteiger partial charge in [-0.1, -0.05) is 13.8 Å². The average molecular weight is 314 g/mol. The summed E-state index contributed by atoms with van der Waals surface area (Å²) in [6, 6.07) is 3.89. The Morgan fingerprint density at radius 1 is 1.29 bits per heavy atom. The Morgan fingerprint density at radius 2 is 1.95 bits per heavy atom. The summed E-state index contributed by atoms with van der Waals surface area (Å²) in [6.45, 7) is 6.58. The number of hydrogen-bond acceptors (Lipinski definition) is 4. The van der Waals surface area contributed by atoms with E-state index in [0.29, 0.717) is 18.5 Å². The van der Waals surface area contributed by atoms with Crippen molar-refractivity contribution in [1.82, 2.24) is 4.90 Å². The van der Waals surface area contributed by atoms with E-state index in [4.69, 9.17) is 5.14 Å². The molecule has 0 aliphatic heterocycles. The van der Waals surface area contributed by atoms with Crippen LogP contribution in [0.1, 0.15) is 36.2 Å². The lowest BCUT2D eigenvalue weighted by Gasteiger charge is -2.20. The van der Waals surface area contributed by atoms with Crippen molar-refractivity contribution in [1.29, 1.82) is 0 Å². The van der Waals surface area contributed by atoms with Crippen molar-refractivity contribution in [2.45, 2.75) is 31.6 Å². The molecule has 0 heterocycles. The molecule has 0 spiro atoms. The molecule has 0 fully saturated rings. The molecule has 0 aliphatic carbocycles. The van der Waals surface area contributed by atoms with Crippen LogP contribution in [-0.2, 0) is 16.4 Å². The lowest BCUT2D eigenvalue weighted by Crippen LogP contribution is -2.27. The van der Waals surface area contributed by atoms with Crippen LogP contribution in [0.5, 0.6) is 0 Å². The van der Waals surface area contributed by atoms with Crippen LogP contribution in [0.25, 0.3) is 0 Å². The highest BCUT2D eigenvalue weighted by Gasteiger charge is 2.16. The van der Waals surface area contributed by atoms with Gasteiger partial charge >= 0.3 is 5.97 Å². The Bertz CT molecular complexity index is 599. The fourth-order valence-electron chi connectivity index (χ4n) is 2.19. The Hall–Kier alpha value is -1.44. The van der Waals surface area contributed by atoms with Gasteiger partial charge in [-0.25, -0.2) is 18.4 Å². The summed E-state index contributed by atoms with van der Waals surface area (Å²) in [4.78, 5) is 13.4. The average Bonchev–Trinajstić information content (AvgIpc) is 2.41. The third-order valence-electron chi connectivity index (χ3n) is 3.32. The van der Waals surface area contributed by atoms with Crippen molar-refractivity contribution in [2.75, 3.05) is 19.6 Å². The van der Waals surface area contributed by atoms with E-state index in [-0.39, 0.29) is 10.5 Å². The number of primary sulfonamides is 1. The van der Waals surface area contributed by atoms with Gasteiger partial charge in [-0.15, -0.1) is 0 Å². The second-order valence-corrected chi connectivity index (χ2v) is 6.41. The second-order valence-electron chi connectivity index (χ2n) is 4.85. The van der Waals surface area contributed by atoms with Crippen molar-refractivity contribution in [3.63, 3.8) is 0 Å². The van der Waals surface area contributed by atoms with E-state index in [2.05, 4.69) is 11.8 Å². The van der Waals surface area contributed by atoms with Gasteiger partial charge in [-0.3, -0.25) is 0 Å². The van der Waals surface area contributed by atoms with Crippen molar-refractivity contribution < 1.29 is 18.3 Å². The predicted octanol–water partition coefficient (Wildman–Crippen LogP) is 1.31. The molecule has 0 unspecified atom stereocenters. The van der Waals surface area contributed by atoms with Crippen LogP contribution in [0.3, 0.4) is 0 Å². The molecule has 0 aliphatic rings. The number of nitrogens with zero attached hydrogens (tertiary/aromatic N) is 1. The van der Waals surface area contributed by atoms with Crippen LogP contribution < -0.4 is 5.14 Å². The van der Waals surface area contributed by atoms with Gasteiger partial charge in [0.25, 0.3) is 0 Å². The molecule has 0 bridgehead atoms. The molecule has 0 radical (unpaired) electrons. The van der Waals surface area contributed by atoms with E-state index in [0.717, 1.165) is 19.5 Å². The molecule has 1 aromatic carbocycles. The quantitative estimate of drug-likeness (QED) is 0.753. The standard InChI is InChI=1S/C14H22N2O4S/c1-3-8-16(4-2)9-7-11-10-12(21(15,19)20)5-6-13(11)14(17)18/h5-6,10H,3-4,7-9H2,1-2H3,(H,17,18)(H2,15,19,20). The summed E-state index contributed by atoms with van der Waals surface area (Å²) in [5.74, 6) is -1.07. The molecule has 1 rings (SSSR count). The van der Waals surface area contributed by atoms with Crippen LogP contribution in [0, 0.1) is 0 Å². The highest BCUT2D eigenvalue weighted by molar-refractivity contribution is 7.89. The molecule has 21 heavy (non-hydrogen) atoms. The van der Waals surface area contributed by atoms with Gasteiger partial charge in [0.15, 0.2) is 0 Å². The van der Waals surface area contributed by atoms with Crippen LogP contribution in [-0.4, -0.2) is 44.0 Å². The molecule has 6 nitrogen and oxygen atoms in total. The third kappa shape index (κ3) is 5.11. The van der Waals surface area contributed by atoms with Gasteiger partial charge in [0, 0.05) is 6.54 Å². The van der Waals surface area contributed by atoms with Gasteiger partial charge in [-0.2, -0.15) is 0 Å². The maximum atomic E-state index is 11.4. The number of likely N-dealkylation sites (N-methyl/N-ethyl adjacent to an activating group) is 1. The summed E-state index contributed by atoms with van der Waals surface area (Å²) in [5, 5.41) is 14.3. The number of carboxylic acids is 1. The second kappa shape index (κ2) is 7.53. The molecule has 0 amide bonds. The molecule has 118 valence electrons. The first-order chi connectivity index (χ1) is 9.79. The lowest BCUT2D eigenvalue weighted by atomic mass is 10.0. The normalized spacial score (nSPS) is 11.8. The number of sulfonamides is 1. The van der Waals surface area contributed by atoms with E-state index in [1.807, 2.05) is 6.92 Å². The molecule has 7 heteroatoms. The number of carboxylic acid groups (broad SMARTS) is 1. The van der Waals surface area contributed by atoms with Crippen LogP contribution in [0.15, 0.2) is 23.1 Å². The summed E-state index contributed by atoms with van der Waals surface area (Å²) < 4.78 is 22.8. The summed E-state index contributed by atoms with van der Waals surface area (Å²) in [5.41, 5.74) is 0.610. The zero-order valence-corrected chi connectivity index (χ0v) is 13.2. The lowest BCUT2D eigenvalue weighted by molar-refractivity contribution is 0.0695. The van der Waals surface area contributed by atoms with E-state index in [1.54, 1.807) is 0 Å². The Labute approximate surface area is 125 Å². The van der Waals surface area contributed by atoms with Crippen LogP contribution in [0.4, 0.5) is 0 Å². The summed E-state index contributed by atoms with van der Waals surface area (Å²) in [6.07, 6.45) is 1.48. The Kier molecular flexibility index (Phi) is 6.32. The first kappa shape index (κ1) is 17.6. The monoisotopic (exact) mass is 314 g/mol. The maximum Gasteiger partial charge on any atom is 0.335 e. The molecule has 0 atom stereocenters. The van der Waals surface area contributed by atoms with Gasteiger partial charge in [-0.05, 0) is 49.7 Å². The highest BCUT2D eigenvalue weighted by atomic mass is 32.2. The SMILES string of the molecule is CCCN(CC)CCc1cc(S(N)(=O)=O)ccc1C(=O)O. The maximum absolute atomic E-state index is 11.4. The number of benzene rings is 1. The number of hydrogen-bond donors (Lipinski definition) is 2. The molecule has 0 saturated carbocycles. The van der Waals surface area contributed by atoms with Crippen molar-refractivity contribution in [2.24, 2.45) is 5.14 Å². The van der Waals surface area contributed by atoms with Crippen molar-refractivity contribution in [3.8, 4) is 0 Å². The number of carbonyl (C=O) groups is 1. The van der Waals surface area contributed by atoms with Crippen LogP contribution >= 0.6 is 0 Å². The van der Waals surface area contributed by atoms with E-state index in [9.17, 15) is 18.3 Å². The summed E-state index contributed by atoms with van der Waals surface area (Å²) >= 11 is 0. The van der Waals surface area contributed by atoms with E-state index < -0.39 is 16.0 Å². The largest absolute Gasteiger partial charge is 0.478 e. The smallest absolute Gasteiger partial charge is 0.335 e. The molecule has 0 aromatic heterocycles. The molecular weight excluding hydrogens is 292 g/mol. The minimum atomic E-state index is -3.83. The Morgan fingerprint density at radius 3 is 2.43 bits per heavy atom. The first-order valence-electron chi connectivity index (χ1n) is 6.91. The van der Waals surface area contributed by atoms with Gasteiger partial charge in [0.05, 0.1) is 10.5 Å². The molecular formula is C14H22N2O4S. The molecule has 1 aromatic rings. The highest BCUT2D eigenvalue weighted by Crippen LogP contribution is 2.16. The van der Waals surface area contributed by atoms with Crippen LogP contribution in [0.2, 0.25) is 0 Å². The predicted molar refractivity (Wildman–Crippen MR) is 80.9 cm³/mol. The third-order valence-corrected chi connectivity index (χ3v) is 4.23. The number of aromatic carboxylic acids is 1. The first-order valence-corrected chi connectivity index (χ1v) is 8.45. The fraction of sp³-hybridized carbons (Fsp3) is 0.500. The van der Waals surface area contributed by atoms with Gasteiger partial charge < -0.3 is 10.0 Å². The van der Waals surface area contributed by atoms with Gasteiger partial charge in [0.2, 0.25) is 10.0 Å². The number of rotatable bonds is 8. The zero-order valence-electron chi connectivity index (χ0n) is 12.4. The van der Waals surface area contributed by atoms with E-state index in [1.165, 1.54) is 18.2 Å². The topological polar surface area (TPSA) is 101 Å². The number of nitrogens with two attached hydrogens (primary N) is 1. The van der Waals surface area contributed by atoms with Gasteiger partial charge in [0.1, 0.15) is 0 Å². The zero-order chi connectivity index (χ0) is 16.0. The van der Waals surface area contributed by atoms with E-state index >= 15 is 0 Å². The minimum absolute atomic E-state index is 0.0546. The summed E-state index contributed by atoms with van der Waals surface area (Å²) in [7, 11) is -3.83. The van der Waals surface area contributed by atoms with Crippen molar-refractivity contribution in [3.05, 3.63) is 29.3 Å². The Balaban J connectivity index is 3.04. The minimum Gasteiger partial charge on any atom is -0.478 e.